The van der Waals surface area contributed by atoms with Crippen molar-refractivity contribution < 1.29 is 14.6 Å². The van der Waals surface area contributed by atoms with Crippen LogP contribution >= 0.6 is 11.6 Å². The van der Waals surface area contributed by atoms with Crippen LogP contribution in [-0.4, -0.2) is 69.8 Å². The fraction of sp³-hybridized carbons (Fsp3) is 0.435. The maximum absolute atomic E-state index is 11.4. The number of aromatic nitrogens is 3. The number of carbonyl (C=O) groups excluding carboxylic acids is 1. The van der Waals surface area contributed by atoms with Gasteiger partial charge in [0.05, 0.1) is 26.5 Å². The van der Waals surface area contributed by atoms with Gasteiger partial charge in [-0.2, -0.15) is 0 Å². The van der Waals surface area contributed by atoms with Crippen molar-refractivity contribution in [3.63, 3.8) is 0 Å². The highest BCUT2D eigenvalue weighted by atomic mass is 35.5. The van der Waals surface area contributed by atoms with Gasteiger partial charge in [-0.3, -0.25) is 9.69 Å². The van der Waals surface area contributed by atoms with Crippen LogP contribution in [0.3, 0.4) is 0 Å². The number of aliphatic hydroxyl groups excluding tert-OH is 1. The van der Waals surface area contributed by atoms with Crippen molar-refractivity contribution in [3.8, 4) is 16.9 Å². The highest BCUT2D eigenvalue weighted by Gasteiger charge is 2.26. The summed E-state index contributed by atoms with van der Waals surface area (Å²) < 4.78 is 5.32. The topological polar surface area (TPSA) is 129 Å². The molecule has 4 rings (SSSR count). The number of nitrogens with zero attached hydrogens (tertiary/aromatic N) is 3. The van der Waals surface area contributed by atoms with Crippen LogP contribution in [0.25, 0.3) is 22.2 Å². The molecular formula is C23H29ClN6O3. The van der Waals surface area contributed by atoms with E-state index in [1.165, 1.54) is 0 Å². The summed E-state index contributed by atoms with van der Waals surface area (Å²) in [7, 11) is 1.62. The molecule has 3 heterocycles. The Balaban J connectivity index is 1.47. The number of hydrogen-bond donors (Lipinski definition) is 4. The van der Waals surface area contributed by atoms with E-state index in [1.807, 2.05) is 29.3 Å². The second-order valence-electron chi connectivity index (χ2n) is 8.35. The molecule has 0 unspecified atom stereocenters. The third kappa shape index (κ3) is 5.55. The van der Waals surface area contributed by atoms with Gasteiger partial charge in [0.25, 0.3) is 0 Å². The molecule has 9 nitrogen and oxygen atoms in total. The summed E-state index contributed by atoms with van der Waals surface area (Å²) in [6.07, 6.45) is 7.24. The van der Waals surface area contributed by atoms with Crippen molar-refractivity contribution in [2.45, 2.75) is 37.8 Å². The molecule has 3 aromatic rings. The fourth-order valence-corrected chi connectivity index (χ4v) is 4.78. The molecule has 1 saturated carbocycles. The number of rotatable bonds is 9. The highest BCUT2D eigenvalue weighted by molar-refractivity contribution is 6.29. The van der Waals surface area contributed by atoms with Gasteiger partial charge in [0.2, 0.25) is 5.91 Å². The molecule has 3 aromatic heterocycles. The molecule has 0 aromatic carbocycles. The number of halogens is 1. The molecule has 176 valence electrons. The Bertz CT molecular complexity index is 1110. The SMILES string of the molecule is COc1cnc2[nH]cc(-c3cc(Cl)nc(NC4CCC(N(CCO)CC(N)=O)CC4)c3)c2c1. The molecule has 0 radical (unpaired) electrons. The van der Waals surface area contributed by atoms with E-state index in [0.717, 1.165) is 53.7 Å². The van der Waals surface area contributed by atoms with Gasteiger partial charge in [0, 0.05) is 35.8 Å². The Hall–Kier alpha value is -2.88. The zero-order valence-electron chi connectivity index (χ0n) is 18.6. The number of amides is 1. The van der Waals surface area contributed by atoms with Crippen LogP contribution in [0.4, 0.5) is 5.82 Å². The zero-order valence-corrected chi connectivity index (χ0v) is 19.3. The van der Waals surface area contributed by atoms with Gasteiger partial charge in [0.15, 0.2) is 0 Å². The summed E-state index contributed by atoms with van der Waals surface area (Å²) in [5.41, 5.74) is 8.05. The Morgan fingerprint density at radius 2 is 2.12 bits per heavy atom. The van der Waals surface area contributed by atoms with E-state index < -0.39 is 0 Å². The lowest BCUT2D eigenvalue weighted by molar-refractivity contribution is -0.120. The minimum atomic E-state index is -0.371. The van der Waals surface area contributed by atoms with E-state index in [2.05, 4.69) is 20.3 Å². The largest absolute Gasteiger partial charge is 0.495 e. The quantitative estimate of drug-likeness (QED) is 0.352. The Labute approximate surface area is 197 Å². The van der Waals surface area contributed by atoms with E-state index in [9.17, 15) is 9.90 Å². The summed E-state index contributed by atoms with van der Waals surface area (Å²) >= 11 is 6.37. The van der Waals surface area contributed by atoms with Gasteiger partial charge in [-0.05, 0) is 49.4 Å². The highest BCUT2D eigenvalue weighted by Crippen LogP contribution is 2.33. The van der Waals surface area contributed by atoms with E-state index in [0.29, 0.717) is 17.4 Å². The molecule has 0 atom stereocenters. The normalized spacial score (nSPS) is 18.5. The van der Waals surface area contributed by atoms with Gasteiger partial charge < -0.3 is 25.9 Å². The first kappa shape index (κ1) is 23.3. The second-order valence-corrected chi connectivity index (χ2v) is 8.73. The molecule has 1 amide bonds. The Morgan fingerprint density at radius 3 is 2.82 bits per heavy atom. The molecule has 0 aliphatic heterocycles. The number of aliphatic hydroxyl groups is 1. The van der Waals surface area contributed by atoms with E-state index in [1.54, 1.807) is 13.3 Å². The number of pyridine rings is 2. The van der Waals surface area contributed by atoms with Crippen LogP contribution in [0.2, 0.25) is 5.15 Å². The number of aromatic amines is 1. The third-order valence-electron chi connectivity index (χ3n) is 6.16. The predicted octanol–water partition coefficient (Wildman–Crippen LogP) is 2.79. The van der Waals surface area contributed by atoms with Gasteiger partial charge in [0.1, 0.15) is 22.4 Å². The number of hydrogen-bond acceptors (Lipinski definition) is 7. The van der Waals surface area contributed by atoms with Crippen molar-refractivity contribution in [1.82, 2.24) is 19.9 Å². The van der Waals surface area contributed by atoms with Crippen molar-refractivity contribution in [1.29, 1.82) is 0 Å². The van der Waals surface area contributed by atoms with Crippen LogP contribution in [0.15, 0.2) is 30.6 Å². The molecule has 1 aliphatic carbocycles. The predicted molar refractivity (Wildman–Crippen MR) is 128 cm³/mol. The summed E-state index contributed by atoms with van der Waals surface area (Å²) in [5, 5.41) is 14.2. The number of methoxy groups -OCH3 is 1. The minimum Gasteiger partial charge on any atom is -0.495 e. The Morgan fingerprint density at radius 1 is 1.33 bits per heavy atom. The molecule has 0 bridgehead atoms. The molecule has 10 heteroatoms. The average molecular weight is 473 g/mol. The number of primary amides is 1. The number of fused-ring (bicyclic) bond motifs is 1. The van der Waals surface area contributed by atoms with Crippen LogP contribution in [-0.2, 0) is 4.79 Å². The average Bonchev–Trinajstić information content (AvgIpc) is 3.22. The van der Waals surface area contributed by atoms with Crippen molar-refractivity contribution in [3.05, 3.63) is 35.7 Å². The summed E-state index contributed by atoms with van der Waals surface area (Å²) in [5.74, 6) is 1.03. The number of H-pyrrole nitrogens is 1. The number of anilines is 1. The maximum Gasteiger partial charge on any atom is 0.231 e. The first-order valence-corrected chi connectivity index (χ1v) is 11.4. The summed E-state index contributed by atoms with van der Waals surface area (Å²) in [6, 6.07) is 6.25. The third-order valence-corrected chi connectivity index (χ3v) is 6.35. The second kappa shape index (κ2) is 10.4. The first-order valence-electron chi connectivity index (χ1n) is 11.1. The monoisotopic (exact) mass is 472 g/mol. The van der Waals surface area contributed by atoms with Crippen molar-refractivity contribution in [2.24, 2.45) is 5.73 Å². The van der Waals surface area contributed by atoms with Gasteiger partial charge >= 0.3 is 0 Å². The van der Waals surface area contributed by atoms with Gasteiger partial charge in [-0.15, -0.1) is 0 Å². The zero-order chi connectivity index (χ0) is 23.4. The van der Waals surface area contributed by atoms with Crippen LogP contribution in [0.1, 0.15) is 25.7 Å². The number of nitrogens with one attached hydrogen (secondary N) is 2. The number of carbonyl (C=O) groups is 1. The van der Waals surface area contributed by atoms with Crippen LogP contribution in [0.5, 0.6) is 5.75 Å². The van der Waals surface area contributed by atoms with Crippen molar-refractivity contribution >= 4 is 34.4 Å². The van der Waals surface area contributed by atoms with Gasteiger partial charge in [-0.1, -0.05) is 11.6 Å². The standard InChI is InChI=1S/C23H29ClN6O3/c1-33-17-10-18-19(12-27-23(18)26-11-17)14-8-20(24)29-22(9-14)28-15-2-4-16(5-3-15)30(6-7-31)13-21(25)32/h8-12,15-16,31H,2-7,13H2,1H3,(H2,25,32)(H,26,27)(H,28,29). The number of ether oxygens (including phenoxy) is 1. The van der Waals surface area contributed by atoms with E-state index >= 15 is 0 Å². The molecule has 0 spiro atoms. The lowest BCUT2D eigenvalue weighted by Gasteiger charge is -2.36. The first-order chi connectivity index (χ1) is 16.0. The van der Waals surface area contributed by atoms with Crippen LogP contribution in [0, 0.1) is 0 Å². The summed E-state index contributed by atoms with van der Waals surface area (Å²) in [4.78, 5) is 25.4. The van der Waals surface area contributed by atoms with E-state index in [4.69, 9.17) is 22.1 Å². The lowest BCUT2D eigenvalue weighted by atomic mass is 9.90. The van der Waals surface area contributed by atoms with Crippen molar-refractivity contribution in [2.75, 3.05) is 32.1 Å². The lowest BCUT2D eigenvalue weighted by Crippen LogP contribution is -2.45. The molecule has 0 saturated heterocycles. The van der Waals surface area contributed by atoms with Crippen LogP contribution < -0.4 is 15.8 Å². The molecule has 1 aliphatic rings. The minimum absolute atomic E-state index is 0.00982. The molecule has 1 fully saturated rings. The number of nitrogens with two attached hydrogens (primary N) is 1. The smallest absolute Gasteiger partial charge is 0.231 e. The van der Waals surface area contributed by atoms with E-state index in [-0.39, 0.29) is 31.1 Å². The maximum atomic E-state index is 11.4. The molecular weight excluding hydrogens is 444 g/mol. The Kier molecular flexibility index (Phi) is 7.32. The molecule has 33 heavy (non-hydrogen) atoms. The summed E-state index contributed by atoms with van der Waals surface area (Å²) in [6.45, 7) is 0.637. The van der Waals surface area contributed by atoms with Gasteiger partial charge in [-0.25, -0.2) is 9.97 Å². The fourth-order valence-electron chi connectivity index (χ4n) is 4.57. The molecule has 5 N–H and O–H groups in total.